The second-order valence-corrected chi connectivity index (χ2v) is 4.55. The fourth-order valence-electron chi connectivity index (χ4n) is 2.22. The molecule has 0 bridgehead atoms. The minimum Gasteiger partial charge on any atom is -0.480 e. The van der Waals surface area contributed by atoms with Crippen LogP contribution in [0.1, 0.15) is 31.7 Å². The highest BCUT2D eigenvalue weighted by Gasteiger charge is 2.35. The first-order chi connectivity index (χ1) is 8.74. The molecule has 18 heavy (non-hydrogen) atoms. The molecule has 1 N–H and O–H groups in total. The lowest BCUT2D eigenvalue weighted by atomic mass is 10.1. The van der Waals surface area contributed by atoms with Crippen molar-refractivity contribution in [3.05, 3.63) is 29.8 Å². The highest BCUT2D eigenvalue weighted by molar-refractivity contribution is 5.81. The number of unbranched alkanes of at least 4 members (excludes halogenated alkanes) is 2. The molecule has 1 aliphatic heterocycles. The topological polar surface area (TPSA) is 49.8 Å². The van der Waals surface area contributed by atoms with Crippen LogP contribution in [0.2, 0.25) is 0 Å². The summed E-state index contributed by atoms with van der Waals surface area (Å²) < 4.78 is 0. The van der Waals surface area contributed by atoms with E-state index in [0.717, 1.165) is 30.5 Å². The van der Waals surface area contributed by atoms with Crippen molar-refractivity contribution in [2.45, 2.75) is 38.6 Å². The second-order valence-electron chi connectivity index (χ2n) is 4.55. The minimum atomic E-state index is -0.832. The van der Waals surface area contributed by atoms with Crippen molar-refractivity contribution < 1.29 is 14.7 Å². The monoisotopic (exact) mass is 249 g/mol. The van der Waals surface area contributed by atoms with Crippen molar-refractivity contribution in [1.82, 2.24) is 0 Å². The normalized spacial score (nSPS) is 17.8. The largest absolute Gasteiger partial charge is 0.480 e. The van der Waals surface area contributed by atoms with Gasteiger partial charge in [0.15, 0.2) is 6.04 Å². The van der Waals surface area contributed by atoms with Crippen LogP contribution in [0.4, 0.5) is 5.69 Å². The first-order valence-electron chi connectivity index (χ1n) is 6.47. The minimum absolute atomic E-state index is 0.513. The van der Waals surface area contributed by atoms with E-state index in [1.54, 1.807) is 5.06 Å². The molecule has 0 aliphatic carbocycles. The zero-order valence-electron chi connectivity index (χ0n) is 10.6. The standard InChI is InChI=1S/C14H19NO3/c1-2-3-6-9-18-15-12-8-5-4-7-11(12)10-13(15)14(16)17/h4-5,7-8,13H,2-3,6,9-10H2,1H3,(H,16,17). The van der Waals surface area contributed by atoms with Crippen LogP contribution in [0.15, 0.2) is 24.3 Å². The number of aliphatic carboxylic acids is 1. The Bertz CT molecular complexity index is 419. The van der Waals surface area contributed by atoms with Gasteiger partial charge in [0, 0.05) is 6.42 Å². The Morgan fingerprint density at radius 1 is 1.44 bits per heavy atom. The number of nitrogens with zero attached hydrogens (tertiary/aromatic N) is 1. The number of para-hydroxylation sites is 1. The fraction of sp³-hybridized carbons (Fsp3) is 0.500. The average Bonchev–Trinajstić information content (AvgIpc) is 2.74. The summed E-state index contributed by atoms with van der Waals surface area (Å²) in [6.07, 6.45) is 3.70. The van der Waals surface area contributed by atoms with Crippen molar-refractivity contribution in [1.29, 1.82) is 0 Å². The molecular formula is C14H19NO3. The molecule has 0 saturated heterocycles. The number of rotatable bonds is 6. The molecule has 2 rings (SSSR count). The third-order valence-corrected chi connectivity index (χ3v) is 3.19. The number of carboxylic acid groups (broad SMARTS) is 1. The summed E-state index contributed by atoms with van der Waals surface area (Å²) in [5.74, 6) is -0.832. The van der Waals surface area contributed by atoms with Crippen LogP contribution < -0.4 is 5.06 Å². The van der Waals surface area contributed by atoms with E-state index in [1.807, 2.05) is 24.3 Å². The van der Waals surface area contributed by atoms with Crippen molar-refractivity contribution in [3.8, 4) is 0 Å². The molecule has 98 valence electrons. The van der Waals surface area contributed by atoms with Gasteiger partial charge in [-0.3, -0.25) is 4.84 Å². The van der Waals surface area contributed by atoms with E-state index in [2.05, 4.69) is 6.92 Å². The molecule has 0 fully saturated rings. The molecular weight excluding hydrogens is 230 g/mol. The lowest BCUT2D eigenvalue weighted by Crippen LogP contribution is -2.38. The SMILES string of the molecule is CCCCCON1c2ccccc2CC1C(=O)O. The summed E-state index contributed by atoms with van der Waals surface area (Å²) in [6.45, 7) is 2.71. The van der Waals surface area contributed by atoms with Crippen LogP contribution >= 0.6 is 0 Å². The first kappa shape index (κ1) is 12.9. The number of hydroxylamine groups is 1. The van der Waals surface area contributed by atoms with Crippen LogP contribution in [0, 0.1) is 0 Å². The van der Waals surface area contributed by atoms with Gasteiger partial charge in [0.25, 0.3) is 0 Å². The van der Waals surface area contributed by atoms with Gasteiger partial charge in [0.2, 0.25) is 0 Å². The molecule has 4 heteroatoms. The molecule has 1 aromatic rings. The Hall–Kier alpha value is -1.55. The highest BCUT2D eigenvalue weighted by Crippen LogP contribution is 2.32. The average molecular weight is 249 g/mol. The third-order valence-electron chi connectivity index (χ3n) is 3.19. The summed E-state index contributed by atoms with van der Waals surface area (Å²) >= 11 is 0. The smallest absolute Gasteiger partial charge is 0.329 e. The molecule has 0 saturated carbocycles. The summed E-state index contributed by atoms with van der Waals surface area (Å²) in [5, 5.41) is 10.8. The zero-order chi connectivity index (χ0) is 13.0. The Morgan fingerprint density at radius 3 is 2.94 bits per heavy atom. The van der Waals surface area contributed by atoms with E-state index in [0.29, 0.717) is 13.0 Å². The molecule has 0 aromatic heterocycles. The van der Waals surface area contributed by atoms with Crippen LogP contribution in [0.25, 0.3) is 0 Å². The number of fused-ring (bicyclic) bond motifs is 1. The molecule has 1 atom stereocenters. The summed E-state index contributed by atoms with van der Waals surface area (Å²) in [5.41, 5.74) is 1.93. The molecule has 0 spiro atoms. The van der Waals surface area contributed by atoms with Crippen LogP contribution in [-0.2, 0) is 16.1 Å². The fourth-order valence-corrected chi connectivity index (χ4v) is 2.22. The van der Waals surface area contributed by atoms with Crippen LogP contribution in [0.3, 0.4) is 0 Å². The Balaban J connectivity index is 2.06. The van der Waals surface area contributed by atoms with E-state index in [1.165, 1.54) is 0 Å². The molecule has 0 radical (unpaired) electrons. The quantitative estimate of drug-likeness (QED) is 0.787. The third kappa shape index (κ3) is 2.64. The molecule has 1 heterocycles. The van der Waals surface area contributed by atoms with E-state index in [4.69, 9.17) is 4.84 Å². The van der Waals surface area contributed by atoms with Crippen molar-refractivity contribution in [3.63, 3.8) is 0 Å². The predicted octanol–water partition coefficient (Wildman–Crippen LogP) is 2.62. The number of carbonyl (C=O) groups is 1. The lowest BCUT2D eigenvalue weighted by Gasteiger charge is -2.23. The van der Waals surface area contributed by atoms with E-state index < -0.39 is 12.0 Å². The van der Waals surface area contributed by atoms with Gasteiger partial charge in [-0.25, -0.2) is 9.86 Å². The Kier molecular flexibility index (Phi) is 4.20. The van der Waals surface area contributed by atoms with E-state index in [-0.39, 0.29) is 0 Å². The van der Waals surface area contributed by atoms with Gasteiger partial charge in [-0.2, -0.15) is 0 Å². The number of hydrogen-bond acceptors (Lipinski definition) is 3. The summed E-state index contributed by atoms with van der Waals surface area (Å²) in [6, 6.07) is 7.12. The maximum Gasteiger partial charge on any atom is 0.329 e. The molecule has 1 aromatic carbocycles. The van der Waals surface area contributed by atoms with Gasteiger partial charge in [0.1, 0.15) is 0 Å². The summed E-state index contributed by atoms with van der Waals surface area (Å²) in [7, 11) is 0. The number of benzene rings is 1. The lowest BCUT2D eigenvalue weighted by molar-refractivity contribution is -0.140. The predicted molar refractivity (Wildman–Crippen MR) is 69.5 cm³/mol. The maximum absolute atomic E-state index is 11.2. The van der Waals surface area contributed by atoms with Gasteiger partial charge >= 0.3 is 5.97 Å². The van der Waals surface area contributed by atoms with E-state index >= 15 is 0 Å². The molecule has 1 aliphatic rings. The second kappa shape index (κ2) is 5.87. The van der Waals surface area contributed by atoms with Gasteiger partial charge in [-0.05, 0) is 18.1 Å². The maximum atomic E-state index is 11.2. The Labute approximate surface area is 107 Å². The number of carboxylic acids is 1. The number of hydrogen-bond donors (Lipinski definition) is 1. The first-order valence-corrected chi connectivity index (χ1v) is 6.47. The van der Waals surface area contributed by atoms with Crippen molar-refractivity contribution in [2.75, 3.05) is 11.7 Å². The van der Waals surface area contributed by atoms with Crippen molar-refractivity contribution in [2.24, 2.45) is 0 Å². The van der Waals surface area contributed by atoms with Gasteiger partial charge in [-0.15, -0.1) is 0 Å². The van der Waals surface area contributed by atoms with Crippen molar-refractivity contribution >= 4 is 11.7 Å². The zero-order valence-corrected chi connectivity index (χ0v) is 10.6. The molecule has 0 amide bonds. The number of anilines is 1. The molecule has 1 unspecified atom stereocenters. The van der Waals surface area contributed by atoms with Gasteiger partial charge in [-0.1, -0.05) is 38.0 Å². The van der Waals surface area contributed by atoms with E-state index in [9.17, 15) is 9.90 Å². The van der Waals surface area contributed by atoms with Gasteiger partial charge < -0.3 is 5.11 Å². The van der Waals surface area contributed by atoms with Gasteiger partial charge in [0.05, 0.1) is 12.3 Å². The summed E-state index contributed by atoms with van der Waals surface area (Å²) in [4.78, 5) is 16.9. The molecule has 4 nitrogen and oxygen atoms in total. The van der Waals surface area contributed by atoms with Crippen LogP contribution in [0.5, 0.6) is 0 Å². The highest BCUT2D eigenvalue weighted by atomic mass is 16.7. The Morgan fingerprint density at radius 2 is 2.22 bits per heavy atom. The van der Waals surface area contributed by atoms with Crippen LogP contribution in [-0.4, -0.2) is 23.7 Å².